The normalized spacial score (nSPS) is 11.4. The highest BCUT2D eigenvalue weighted by atomic mass is 19.4. The molecule has 0 bridgehead atoms. The molecule has 0 fully saturated rings. The standard InChI is InChI=1S/C20H18F3N3O2/c1-2-28-18(27)12-17-24-19(26-25-17)16-6-4-3-5-14(16)11-13-7-9-15(10-8-13)20(21,22)23/h3-10H,2,11-12H2,1H3,(H,24,25,26). The summed E-state index contributed by atoms with van der Waals surface area (Å²) in [5.41, 5.74) is 1.67. The highest BCUT2D eigenvalue weighted by molar-refractivity contribution is 5.71. The van der Waals surface area contributed by atoms with Crippen LogP contribution in [0, 0.1) is 0 Å². The minimum absolute atomic E-state index is 0.0120. The number of ether oxygens (including phenoxy) is 1. The maximum atomic E-state index is 12.7. The zero-order chi connectivity index (χ0) is 20.1. The Labute approximate surface area is 159 Å². The Balaban J connectivity index is 1.80. The van der Waals surface area contributed by atoms with Crippen LogP contribution in [-0.2, 0) is 28.5 Å². The molecule has 0 unspecified atom stereocenters. The van der Waals surface area contributed by atoms with Gasteiger partial charge in [0.05, 0.1) is 12.2 Å². The highest BCUT2D eigenvalue weighted by Gasteiger charge is 2.29. The van der Waals surface area contributed by atoms with Crippen molar-refractivity contribution in [1.82, 2.24) is 15.2 Å². The molecule has 146 valence electrons. The van der Waals surface area contributed by atoms with Gasteiger partial charge in [-0.25, -0.2) is 4.98 Å². The van der Waals surface area contributed by atoms with Crippen molar-refractivity contribution in [2.24, 2.45) is 0 Å². The van der Waals surface area contributed by atoms with E-state index in [0.717, 1.165) is 28.8 Å². The molecule has 1 heterocycles. The fourth-order valence-corrected chi connectivity index (χ4v) is 2.77. The molecule has 1 N–H and O–H groups in total. The van der Waals surface area contributed by atoms with E-state index in [1.165, 1.54) is 12.1 Å². The third-order valence-electron chi connectivity index (χ3n) is 4.08. The summed E-state index contributed by atoms with van der Waals surface area (Å²) in [5, 5.41) is 6.88. The van der Waals surface area contributed by atoms with Gasteiger partial charge in [-0.2, -0.15) is 18.3 Å². The topological polar surface area (TPSA) is 67.9 Å². The SMILES string of the molecule is CCOC(=O)Cc1nc(-c2ccccc2Cc2ccc(C(F)(F)F)cc2)n[nH]1. The largest absolute Gasteiger partial charge is 0.466 e. The molecule has 28 heavy (non-hydrogen) atoms. The number of aromatic nitrogens is 3. The number of esters is 1. The lowest BCUT2D eigenvalue weighted by atomic mass is 9.98. The van der Waals surface area contributed by atoms with Crippen molar-refractivity contribution in [2.75, 3.05) is 6.61 Å². The Morgan fingerprint density at radius 2 is 1.82 bits per heavy atom. The Morgan fingerprint density at radius 1 is 1.11 bits per heavy atom. The summed E-state index contributed by atoms with van der Waals surface area (Å²) in [6.45, 7) is 2.01. The van der Waals surface area contributed by atoms with Crippen LogP contribution >= 0.6 is 0 Å². The minimum Gasteiger partial charge on any atom is -0.466 e. The first-order valence-corrected chi connectivity index (χ1v) is 8.68. The van der Waals surface area contributed by atoms with Crippen molar-refractivity contribution >= 4 is 5.97 Å². The van der Waals surface area contributed by atoms with Crippen molar-refractivity contribution < 1.29 is 22.7 Å². The van der Waals surface area contributed by atoms with Gasteiger partial charge in [0, 0.05) is 5.56 Å². The van der Waals surface area contributed by atoms with Crippen LogP contribution in [0.1, 0.15) is 29.4 Å². The predicted octanol–water partition coefficient (Wildman–Crippen LogP) is 4.19. The molecule has 0 aliphatic heterocycles. The molecular formula is C20H18F3N3O2. The van der Waals surface area contributed by atoms with Gasteiger partial charge in [0.15, 0.2) is 5.82 Å². The smallest absolute Gasteiger partial charge is 0.416 e. The summed E-state index contributed by atoms with van der Waals surface area (Å²) in [5.74, 6) is 0.405. The van der Waals surface area contributed by atoms with Gasteiger partial charge >= 0.3 is 12.1 Å². The van der Waals surface area contributed by atoms with Crippen LogP contribution in [0.2, 0.25) is 0 Å². The summed E-state index contributed by atoms with van der Waals surface area (Å²) < 4.78 is 43.1. The molecule has 0 spiro atoms. The molecule has 0 atom stereocenters. The predicted molar refractivity (Wildman–Crippen MR) is 96.4 cm³/mol. The molecule has 3 rings (SSSR count). The number of aromatic amines is 1. The Kier molecular flexibility index (Phi) is 5.77. The van der Waals surface area contributed by atoms with Crippen LogP contribution in [0.25, 0.3) is 11.4 Å². The van der Waals surface area contributed by atoms with Crippen LogP contribution in [-0.4, -0.2) is 27.8 Å². The van der Waals surface area contributed by atoms with Gasteiger partial charge in [-0.05, 0) is 36.6 Å². The summed E-state index contributed by atoms with van der Waals surface area (Å²) >= 11 is 0. The average Bonchev–Trinajstić information content (AvgIpc) is 3.10. The first-order chi connectivity index (χ1) is 13.4. The van der Waals surface area contributed by atoms with E-state index in [1.807, 2.05) is 24.3 Å². The molecule has 0 saturated heterocycles. The summed E-state index contributed by atoms with van der Waals surface area (Å²) in [6.07, 6.45) is -3.94. The number of rotatable bonds is 6. The molecule has 0 saturated carbocycles. The van der Waals surface area contributed by atoms with Crippen molar-refractivity contribution in [3.63, 3.8) is 0 Å². The molecule has 1 aromatic heterocycles. The second kappa shape index (κ2) is 8.24. The van der Waals surface area contributed by atoms with Crippen molar-refractivity contribution in [3.05, 3.63) is 71.0 Å². The molecule has 5 nitrogen and oxygen atoms in total. The van der Waals surface area contributed by atoms with Crippen molar-refractivity contribution in [2.45, 2.75) is 25.9 Å². The third-order valence-corrected chi connectivity index (χ3v) is 4.08. The molecule has 0 aliphatic carbocycles. The molecule has 3 aromatic rings. The molecule has 8 heteroatoms. The quantitative estimate of drug-likeness (QED) is 0.642. The lowest BCUT2D eigenvalue weighted by Crippen LogP contribution is -2.08. The van der Waals surface area contributed by atoms with E-state index >= 15 is 0 Å². The zero-order valence-electron chi connectivity index (χ0n) is 15.1. The first-order valence-electron chi connectivity index (χ1n) is 8.68. The summed E-state index contributed by atoms with van der Waals surface area (Å²) in [4.78, 5) is 15.9. The maximum Gasteiger partial charge on any atom is 0.416 e. The fraction of sp³-hybridized carbons (Fsp3) is 0.250. The monoisotopic (exact) mass is 389 g/mol. The molecule has 0 amide bonds. The van der Waals surface area contributed by atoms with Crippen LogP contribution in [0.3, 0.4) is 0 Å². The average molecular weight is 389 g/mol. The van der Waals surface area contributed by atoms with Gasteiger partial charge in [-0.1, -0.05) is 36.4 Å². The molecule has 0 radical (unpaired) electrons. The van der Waals surface area contributed by atoms with E-state index in [2.05, 4.69) is 15.2 Å². The van der Waals surface area contributed by atoms with Gasteiger partial charge in [-0.15, -0.1) is 0 Å². The lowest BCUT2D eigenvalue weighted by molar-refractivity contribution is -0.142. The van der Waals surface area contributed by atoms with E-state index < -0.39 is 17.7 Å². The van der Waals surface area contributed by atoms with Crippen LogP contribution in [0.15, 0.2) is 48.5 Å². The first kappa shape index (κ1) is 19.6. The second-order valence-corrected chi connectivity index (χ2v) is 6.12. The van der Waals surface area contributed by atoms with Crippen LogP contribution in [0.4, 0.5) is 13.2 Å². The fourth-order valence-electron chi connectivity index (χ4n) is 2.77. The van der Waals surface area contributed by atoms with Crippen LogP contribution < -0.4 is 0 Å². The van der Waals surface area contributed by atoms with E-state index in [1.54, 1.807) is 6.92 Å². The third kappa shape index (κ3) is 4.76. The van der Waals surface area contributed by atoms with Gasteiger partial charge in [0.1, 0.15) is 12.2 Å². The molecule has 2 aromatic carbocycles. The number of carbonyl (C=O) groups excluding carboxylic acids is 1. The van der Waals surface area contributed by atoms with Gasteiger partial charge in [0.25, 0.3) is 0 Å². The van der Waals surface area contributed by atoms with Gasteiger partial charge in [-0.3, -0.25) is 9.89 Å². The summed E-state index contributed by atoms with van der Waals surface area (Å²) in [6, 6.07) is 12.4. The Bertz CT molecular complexity index is 950. The Morgan fingerprint density at radius 3 is 2.50 bits per heavy atom. The number of nitrogens with zero attached hydrogens (tertiary/aromatic N) is 2. The van der Waals surface area contributed by atoms with E-state index in [0.29, 0.717) is 18.1 Å². The Hall–Kier alpha value is -3.16. The van der Waals surface area contributed by atoms with Crippen molar-refractivity contribution in [1.29, 1.82) is 0 Å². The molecular weight excluding hydrogens is 371 g/mol. The van der Waals surface area contributed by atoms with E-state index in [9.17, 15) is 18.0 Å². The highest BCUT2D eigenvalue weighted by Crippen LogP contribution is 2.30. The van der Waals surface area contributed by atoms with E-state index in [4.69, 9.17) is 4.74 Å². The lowest BCUT2D eigenvalue weighted by Gasteiger charge is -2.09. The second-order valence-electron chi connectivity index (χ2n) is 6.12. The number of carbonyl (C=O) groups is 1. The summed E-state index contributed by atoms with van der Waals surface area (Å²) in [7, 11) is 0. The molecule has 0 aliphatic rings. The maximum absolute atomic E-state index is 12.7. The van der Waals surface area contributed by atoms with Gasteiger partial charge < -0.3 is 4.74 Å². The number of hydrogen-bond acceptors (Lipinski definition) is 4. The number of H-pyrrole nitrogens is 1. The van der Waals surface area contributed by atoms with Gasteiger partial charge in [0.2, 0.25) is 0 Å². The number of alkyl halides is 3. The zero-order valence-corrected chi connectivity index (χ0v) is 15.1. The number of benzene rings is 2. The van der Waals surface area contributed by atoms with Crippen LogP contribution in [0.5, 0.6) is 0 Å². The number of hydrogen-bond donors (Lipinski definition) is 1. The van der Waals surface area contributed by atoms with Crippen molar-refractivity contribution in [3.8, 4) is 11.4 Å². The minimum atomic E-state index is -4.36. The number of nitrogens with one attached hydrogen (secondary N) is 1. The van der Waals surface area contributed by atoms with E-state index in [-0.39, 0.29) is 13.0 Å². The number of halogens is 3.